The molecule has 0 radical (unpaired) electrons. The van der Waals surface area contributed by atoms with Crippen LogP contribution in [0.4, 0.5) is 4.39 Å². The van der Waals surface area contributed by atoms with Gasteiger partial charge in [-0.2, -0.15) is 17.9 Å². The number of ether oxygens (including phenoxy) is 2. The summed E-state index contributed by atoms with van der Waals surface area (Å²) >= 11 is 0. The Morgan fingerprint density at radius 2 is 1.45 bits per heavy atom. The quantitative estimate of drug-likeness (QED) is 0.543. The van der Waals surface area contributed by atoms with Gasteiger partial charge in [0, 0.05) is 12.1 Å². The highest BCUT2D eigenvalue weighted by Crippen LogP contribution is 2.41. The van der Waals surface area contributed by atoms with Crippen molar-refractivity contribution < 1.29 is 22.3 Å². The van der Waals surface area contributed by atoms with Crippen molar-refractivity contribution in [1.82, 2.24) is 9.44 Å². The van der Waals surface area contributed by atoms with Crippen LogP contribution in [0.1, 0.15) is 43.2 Å². The lowest BCUT2D eigenvalue weighted by atomic mass is 9.93. The lowest BCUT2D eigenvalue weighted by Gasteiger charge is -2.29. The van der Waals surface area contributed by atoms with Crippen LogP contribution < -0.4 is 18.9 Å². The van der Waals surface area contributed by atoms with Crippen molar-refractivity contribution in [1.29, 1.82) is 0 Å². The summed E-state index contributed by atoms with van der Waals surface area (Å²) < 4.78 is 55.6. The van der Waals surface area contributed by atoms with Gasteiger partial charge in [0.2, 0.25) is 0 Å². The summed E-state index contributed by atoms with van der Waals surface area (Å²) in [6, 6.07) is 12.2. The minimum Gasteiger partial charge on any atom is -0.490 e. The zero-order valence-electron chi connectivity index (χ0n) is 18.6. The van der Waals surface area contributed by atoms with Gasteiger partial charge in [-0.15, -0.1) is 0 Å². The summed E-state index contributed by atoms with van der Waals surface area (Å²) in [6.45, 7) is 0.753. The smallest absolute Gasteiger partial charge is 0.277 e. The van der Waals surface area contributed by atoms with Gasteiger partial charge in [0.05, 0.1) is 0 Å². The second-order valence-electron chi connectivity index (χ2n) is 9.48. The van der Waals surface area contributed by atoms with E-state index < -0.39 is 10.2 Å². The molecule has 0 aliphatic heterocycles. The summed E-state index contributed by atoms with van der Waals surface area (Å²) in [4.78, 5) is 0. The molecule has 0 heterocycles. The predicted octanol–water partition coefficient (Wildman–Crippen LogP) is 3.75. The molecule has 5 rings (SSSR count). The third-order valence-electron chi connectivity index (χ3n) is 7.22. The molecule has 3 unspecified atom stereocenters. The highest BCUT2D eigenvalue weighted by Gasteiger charge is 2.41. The van der Waals surface area contributed by atoms with E-state index in [-0.39, 0.29) is 17.9 Å². The van der Waals surface area contributed by atoms with Gasteiger partial charge < -0.3 is 9.47 Å². The molecule has 178 valence electrons. The summed E-state index contributed by atoms with van der Waals surface area (Å²) in [7, 11) is -3.48. The van der Waals surface area contributed by atoms with E-state index in [0.29, 0.717) is 30.8 Å². The topological polar surface area (TPSA) is 76.7 Å². The van der Waals surface area contributed by atoms with E-state index in [0.717, 1.165) is 50.7 Å². The Bertz CT molecular complexity index is 1070. The molecule has 2 aromatic carbocycles. The fourth-order valence-corrected chi connectivity index (χ4v) is 6.76. The van der Waals surface area contributed by atoms with Crippen LogP contribution in [0.5, 0.6) is 11.5 Å². The lowest BCUT2D eigenvalue weighted by Crippen LogP contribution is -2.51. The second-order valence-corrected chi connectivity index (χ2v) is 11.0. The fourth-order valence-electron chi connectivity index (χ4n) is 5.28. The molecule has 2 bridgehead atoms. The third kappa shape index (κ3) is 5.50. The first kappa shape index (κ1) is 22.6. The number of hydrogen-bond acceptors (Lipinski definition) is 4. The summed E-state index contributed by atoms with van der Waals surface area (Å²) in [5.41, 5.74) is 2.53. The zero-order chi connectivity index (χ0) is 22.8. The molecule has 0 spiro atoms. The van der Waals surface area contributed by atoms with Crippen LogP contribution in [0, 0.1) is 17.7 Å². The van der Waals surface area contributed by atoms with Crippen LogP contribution in [0.3, 0.4) is 0 Å². The molecule has 0 aromatic heterocycles. The van der Waals surface area contributed by atoms with Gasteiger partial charge in [-0.3, -0.25) is 0 Å². The molecule has 8 heteroatoms. The summed E-state index contributed by atoms with van der Waals surface area (Å²) in [5.74, 6) is 1.73. The van der Waals surface area contributed by atoms with Crippen molar-refractivity contribution in [3.05, 3.63) is 59.4 Å². The number of nitrogens with one attached hydrogen (secondary N) is 2. The van der Waals surface area contributed by atoms with E-state index in [1.165, 1.54) is 23.3 Å². The first-order valence-corrected chi connectivity index (χ1v) is 13.4. The minimum absolute atomic E-state index is 0.0246. The van der Waals surface area contributed by atoms with Crippen molar-refractivity contribution in [3.63, 3.8) is 0 Å². The Morgan fingerprint density at radius 1 is 0.818 bits per heavy atom. The predicted molar refractivity (Wildman–Crippen MR) is 124 cm³/mol. The standard InChI is InChI=1S/C25H31FN2O4S/c26-21-7-10-23(11-8-21)31-12-13-32-24-9-6-17-14-18-4-5-19(15-20(17)16-24)25(18)28-33(29,30)27-22-2-1-3-22/h6-11,16,18-19,22,25,27-28H,1-5,12-15H2. The Labute approximate surface area is 195 Å². The highest BCUT2D eigenvalue weighted by atomic mass is 32.2. The fraction of sp³-hybridized carbons (Fsp3) is 0.520. The zero-order valence-corrected chi connectivity index (χ0v) is 19.5. The SMILES string of the molecule is O=S(=O)(NC1CCC1)NC1C2CCC1Cc1cc(OCCOc3ccc(F)cc3)ccc1C2. The summed E-state index contributed by atoms with van der Waals surface area (Å²) in [5, 5.41) is 0. The summed E-state index contributed by atoms with van der Waals surface area (Å²) in [6.07, 6.45) is 6.79. The highest BCUT2D eigenvalue weighted by molar-refractivity contribution is 7.87. The maximum Gasteiger partial charge on any atom is 0.277 e. The van der Waals surface area contributed by atoms with Crippen LogP contribution in [0.2, 0.25) is 0 Å². The van der Waals surface area contributed by atoms with Gasteiger partial charge in [-0.25, -0.2) is 4.39 Å². The van der Waals surface area contributed by atoms with E-state index >= 15 is 0 Å². The Hall–Kier alpha value is -2.16. The Balaban J connectivity index is 1.18. The monoisotopic (exact) mass is 474 g/mol. The first-order chi connectivity index (χ1) is 15.9. The van der Waals surface area contributed by atoms with Gasteiger partial charge in [-0.05, 0) is 97.9 Å². The Morgan fingerprint density at radius 3 is 2.12 bits per heavy atom. The number of hydrogen-bond donors (Lipinski definition) is 2. The van der Waals surface area contributed by atoms with Gasteiger partial charge in [0.15, 0.2) is 0 Å². The Kier molecular flexibility index (Phi) is 6.58. The molecule has 2 fully saturated rings. The average molecular weight is 475 g/mol. The van der Waals surface area contributed by atoms with E-state index in [4.69, 9.17) is 9.47 Å². The largest absolute Gasteiger partial charge is 0.490 e. The van der Waals surface area contributed by atoms with E-state index in [2.05, 4.69) is 21.6 Å². The van der Waals surface area contributed by atoms with Crippen molar-refractivity contribution in [2.45, 2.75) is 57.0 Å². The van der Waals surface area contributed by atoms with Crippen LogP contribution in [-0.4, -0.2) is 33.7 Å². The van der Waals surface area contributed by atoms with E-state index in [9.17, 15) is 12.8 Å². The number of fused-ring (bicyclic) bond motifs is 3. The van der Waals surface area contributed by atoms with Gasteiger partial charge >= 0.3 is 0 Å². The van der Waals surface area contributed by atoms with Gasteiger partial charge in [-0.1, -0.05) is 12.5 Å². The first-order valence-electron chi connectivity index (χ1n) is 11.9. The number of rotatable bonds is 9. The molecular formula is C25H31FN2O4S. The van der Waals surface area contributed by atoms with Crippen LogP contribution >= 0.6 is 0 Å². The van der Waals surface area contributed by atoms with E-state index in [1.54, 1.807) is 12.1 Å². The van der Waals surface area contributed by atoms with Crippen molar-refractivity contribution in [2.24, 2.45) is 11.8 Å². The molecule has 0 saturated heterocycles. The van der Waals surface area contributed by atoms with Crippen LogP contribution in [0.15, 0.2) is 42.5 Å². The van der Waals surface area contributed by atoms with Crippen molar-refractivity contribution in [2.75, 3.05) is 13.2 Å². The number of benzene rings is 2. The van der Waals surface area contributed by atoms with Crippen molar-refractivity contribution in [3.8, 4) is 11.5 Å². The van der Waals surface area contributed by atoms with Crippen LogP contribution in [0.25, 0.3) is 0 Å². The third-order valence-corrected chi connectivity index (χ3v) is 8.44. The van der Waals surface area contributed by atoms with Gasteiger partial charge in [0.1, 0.15) is 30.5 Å². The number of halogens is 1. The molecule has 3 atom stereocenters. The van der Waals surface area contributed by atoms with E-state index in [1.807, 2.05) is 6.07 Å². The van der Waals surface area contributed by atoms with Crippen LogP contribution in [-0.2, 0) is 23.1 Å². The molecule has 3 aliphatic carbocycles. The maximum absolute atomic E-state index is 13.0. The molecule has 2 aromatic rings. The molecule has 0 amide bonds. The molecule has 6 nitrogen and oxygen atoms in total. The molecule has 3 aliphatic rings. The molecular weight excluding hydrogens is 443 g/mol. The van der Waals surface area contributed by atoms with Gasteiger partial charge in [0.25, 0.3) is 10.2 Å². The van der Waals surface area contributed by atoms with Crippen molar-refractivity contribution >= 4 is 10.2 Å². The molecule has 33 heavy (non-hydrogen) atoms. The minimum atomic E-state index is -3.48. The normalized spacial score (nSPS) is 24.6. The second kappa shape index (κ2) is 9.60. The lowest BCUT2D eigenvalue weighted by molar-refractivity contribution is 0.217. The average Bonchev–Trinajstić information content (AvgIpc) is 3.03. The maximum atomic E-state index is 13.0. The molecule has 2 saturated carbocycles. The molecule has 2 N–H and O–H groups in total.